The Morgan fingerprint density at radius 2 is 1.65 bits per heavy atom. The number of alkyl halides is 3. The van der Waals surface area contributed by atoms with Crippen molar-refractivity contribution < 1.29 is 35.9 Å². The van der Waals surface area contributed by atoms with Crippen LogP contribution in [0.2, 0.25) is 0 Å². The molecule has 0 spiro atoms. The molecule has 2 amide bonds. The van der Waals surface area contributed by atoms with Gasteiger partial charge in [-0.2, -0.15) is 13.2 Å². The second kappa shape index (κ2) is 12.5. The van der Waals surface area contributed by atoms with Crippen LogP contribution in [0.15, 0.2) is 71.8 Å². The van der Waals surface area contributed by atoms with E-state index in [-0.39, 0.29) is 16.9 Å². The molecule has 0 saturated carbocycles. The zero-order valence-corrected chi connectivity index (χ0v) is 24.9. The number of carbonyl (C=O) groups is 2. The van der Waals surface area contributed by atoms with E-state index in [1.54, 1.807) is 49.4 Å². The standard InChI is InChI=1S/C31H32F3N3O5S/c1-19-7-5-6-8-28(19)43(40,41)36-30(39)23-10-9-21(27(17-23)42-4)15-24-18-37(3)26-12-11-22(16-25(24)26)29(38)35-20(2)13-14-31(32,33)34/h5-12,16-18,20H,13-15H2,1-4H3,(H,35,38)(H,36,39). The Morgan fingerprint density at radius 3 is 2.33 bits per heavy atom. The number of amides is 2. The third-order valence-electron chi connectivity index (χ3n) is 7.11. The van der Waals surface area contributed by atoms with Crippen molar-refractivity contribution in [2.24, 2.45) is 7.05 Å². The van der Waals surface area contributed by atoms with Crippen LogP contribution in [-0.2, 0) is 23.5 Å². The van der Waals surface area contributed by atoms with E-state index in [9.17, 15) is 31.2 Å². The molecule has 0 aliphatic heterocycles. The lowest BCUT2D eigenvalue weighted by atomic mass is 10.0. The van der Waals surface area contributed by atoms with Gasteiger partial charge in [-0.25, -0.2) is 13.1 Å². The van der Waals surface area contributed by atoms with Gasteiger partial charge in [0, 0.05) is 54.2 Å². The van der Waals surface area contributed by atoms with Gasteiger partial charge in [0.25, 0.3) is 21.8 Å². The second-order valence-corrected chi connectivity index (χ2v) is 12.1. The lowest BCUT2D eigenvalue weighted by Crippen LogP contribution is -2.33. The van der Waals surface area contributed by atoms with Gasteiger partial charge in [0.2, 0.25) is 0 Å². The molecule has 43 heavy (non-hydrogen) atoms. The van der Waals surface area contributed by atoms with E-state index in [1.807, 2.05) is 17.8 Å². The number of fused-ring (bicyclic) bond motifs is 1. The normalized spacial score (nSPS) is 12.6. The maximum absolute atomic E-state index is 12.9. The Bertz CT molecular complexity index is 1780. The third kappa shape index (κ3) is 7.56. The molecule has 1 atom stereocenters. The topological polar surface area (TPSA) is 106 Å². The third-order valence-corrected chi connectivity index (χ3v) is 8.60. The first-order valence-corrected chi connectivity index (χ1v) is 14.9. The SMILES string of the molecule is COc1cc(C(=O)NS(=O)(=O)c2ccccc2C)ccc1Cc1cn(C)c2ccc(C(=O)NC(C)CCC(F)(F)F)cc12. The number of nitrogens with zero attached hydrogens (tertiary/aromatic N) is 1. The van der Waals surface area contributed by atoms with Crippen LogP contribution in [0.4, 0.5) is 13.2 Å². The minimum Gasteiger partial charge on any atom is -0.496 e. The van der Waals surface area contributed by atoms with Crippen LogP contribution in [0.5, 0.6) is 5.75 Å². The fourth-order valence-corrected chi connectivity index (χ4v) is 6.07. The van der Waals surface area contributed by atoms with Crippen molar-refractivity contribution in [1.29, 1.82) is 0 Å². The highest BCUT2D eigenvalue weighted by Crippen LogP contribution is 2.29. The number of aromatic nitrogens is 1. The highest BCUT2D eigenvalue weighted by molar-refractivity contribution is 7.90. The van der Waals surface area contributed by atoms with Crippen molar-refractivity contribution in [2.45, 2.75) is 50.2 Å². The van der Waals surface area contributed by atoms with Gasteiger partial charge in [-0.3, -0.25) is 9.59 Å². The number of methoxy groups -OCH3 is 1. The van der Waals surface area contributed by atoms with Gasteiger partial charge in [0.1, 0.15) is 5.75 Å². The molecule has 0 bridgehead atoms. The summed E-state index contributed by atoms with van der Waals surface area (Å²) in [5.41, 5.74) is 3.30. The zero-order valence-electron chi connectivity index (χ0n) is 24.1. The molecule has 0 aliphatic carbocycles. The number of carbonyl (C=O) groups excluding carboxylic acids is 2. The molecule has 3 aromatic carbocycles. The number of rotatable bonds is 10. The van der Waals surface area contributed by atoms with E-state index < -0.39 is 40.5 Å². The van der Waals surface area contributed by atoms with Gasteiger partial charge in [-0.15, -0.1) is 0 Å². The number of sulfonamides is 1. The maximum Gasteiger partial charge on any atom is 0.389 e. The number of ether oxygens (including phenoxy) is 1. The number of aryl methyl sites for hydroxylation is 2. The van der Waals surface area contributed by atoms with Crippen LogP contribution >= 0.6 is 0 Å². The van der Waals surface area contributed by atoms with Crippen molar-refractivity contribution in [2.75, 3.05) is 7.11 Å². The van der Waals surface area contributed by atoms with E-state index in [1.165, 1.54) is 32.2 Å². The number of benzene rings is 3. The van der Waals surface area contributed by atoms with Crippen molar-refractivity contribution >= 4 is 32.7 Å². The summed E-state index contributed by atoms with van der Waals surface area (Å²) in [6.07, 6.45) is -3.25. The smallest absolute Gasteiger partial charge is 0.389 e. The Hall–Kier alpha value is -4.32. The summed E-state index contributed by atoms with van der Waals surface area (Å²) in [5, 5.41) is 3.40. The van der Waals surface area contributed by atoms with Crippen LogP contribution in [0.25, 0.3) is 10.9 Å². The van der Waals surface area contributed by atoms with Crippen molar-refractivity contribution in [3.8, 4) is 5.75 Å². The minimum absolute atomic E-state index is 0.00621. The van der Waals surface area contributed by atoms with Gasteiger partial charge in [-0.05, 0) is 73.4 Å². The second-order valence-electron chi connectivity index (χ2n) is 10.4. The van der Waals surface area contributed by atoms with Crippen LogP contribution in [-0.4, -0.2) is 44.1 Å². The number of hydrogen-bond acceptors (Lipinski definition) is 5. The molecular weight excluding hydrogens is 583 g/mol. The molecule has 2 N–H and O–H groups in total. The van der Waals surface area contributed by atoms with Gasteiger partial charge in [0.15, 0.2) is 0 Å². The quantitative estimate of drug-likeness (QED) is 0.239. The van der Waals surface area contributed by atoms with Crippen molar-refractivity contribution in [3.05, 3.63) is 94.7 Å². The van der Waals surface area contributed by atoms with Crippen molar-refractivity contribution in [3.63, 3.8) is 0 Å². The maximum atomic E-state index is 12.9. The Balaban J connectivity index is 1.55. The molecule has 8 nitrogen and oxygen atoms in total. The summed E-state index contributed by atoms with van der Waals surface area (Å²) < 4.78 is 72.8. The first kappa shape index (κ1) is 31.6. The highest BCUT2D eigenvalue weighted by atomic mass is 32.2. The largest absolute Gasteiger partial charge is 0.496 e. The van der Waals surface area contributed by atoms with E-state index >= 15 is 0 Å². The van der Waals surface area contributed by atoms with Gasteiger partial charge < -0.3 is 14.6 Å². The number of halogens is 3. The summed E-state index contributed by atoms with van der Waals surface area (Å²) in [4.78, 5) is 25.7. The molecule has 1 heterocycles. The Morgan fingerprint density at radius 1 is 0.977 bits per heavy atom. The van der Waals surface area contributed by atoms with E-state index in [0.717, 1.165) is 16.5 Å². The van der Waals surface area contributed by atoms with Crippen LogP contribution in [0, 0.1) is 6.92 Å². The van der Waals surface area contributed by atoms with Crippen LogP contribution < -0.4 is 14.8 Å². The lowest BCUT2D eigenvalue weighted by Gasteiger charge is -2.15. The molecular formula is C31H32F3N3O5S. The van der Waals surface area contributed by atoms with Gasteiger partial charge in [0.05, 0.1) is 12.0 Å². The molecule has 0 radical (unpaired) electrons. The lowest BCUT2D eigenvalue weighted by molar-refractivity contribution is -0.136. The summed E-state index contributed by atoms with van der Waals surface area (Å²) in [6, 6.07) is 15.4. The predicted octanol–water partition coefficient (Wildman–Crippen LogP) is 5.67. The van der Waals surface area contributed by atoms with Crippen LogP contribution in [0.3, 0.4) is 0 Å². The first-order valence-electron chi connectivity index (χ1n) is 13.4. The molecule has 4 rings (SSSR count). The molecule has 0 aliphatic rings. The summed E-state index contributed by atoms with van der Waals surface area (Å²) in [6.45, 7) is 3.17. The fourth-order valence-electron chi connectivity index (χ4n) is 4.85. The number of nitrogens with one attached hydrogen (secondary N) is 2. The summed E-state index contributed by atoms with van der Waals surface area (Å²) in [5.74, 6) is -0.913. The number of hydrogen-bond donors (Lipinski definition) is 2. The summed E-state index contributed by atoms with van der Waals surface area (Å²) in [7, 11) is -0.801. The Labute approximate surface area is 247 Å². The molecule has 1 unspecified atom stereocenters. The predicted molar refractivity (Wildman–Crippen MR) is 157 cm³/mol. The van der Waals surface area contributed by atoms with Gasteiger partial charge in [-0.1, -0.05) is 24.3 Å². The van der Waals surface area contributed by atoms with Gasteiger partial charge >= 0.3 is 6.18 Å². The fraction of sp³-hybridized carbons (Fsp3) is 0.290. The average Bonchev–Trinajstić information content (AvgIpc) is 3.25. The molecule has 0 saturated heterocycles. The van der Waals surface area contributed by atoms with E-state index in [2.05, 4.69) is 10.0 Å². The summed E-state index contributed by atoms with van der Waals surface area (Å²) >= 11 is 0. The molecule has 12 heteroatoms. The molecule has 1 aromatic heterocycles. The van der Waals surface area contributed by atoms with Crippen LogP contribution in [0.1, 0.15) is 57.2 Å². The van der Waals surface area contributed by atoms with Crippen molar-refractivity contribution in [1.82, 2.24) is 14.6 Å². The monoisotopic (exact) mass is 615 g/mol. The zero-order chi connectivity index (χ0) is 31.5. The average molecular weight is 616 g/mol. The molecule has 4 aromatic rings. The first-order chi connectivity index (χ1) is 20.2. The minimum atomic E-state index is -4.29. The van der Waals surface area contributed by atoms with E-state index in [4.69, 9.17) is 4.74 Å². The highest BCUT2D eigenvalue weighted by Gasteiger charge is 2.28. The van der Waals surface area contributed by atoms with E-state index in [0.29, 0.717) is 28.9 Å². The molecule has 228 valence electrons. The Kier molecular flexibility index (Phi) is 9.19. The molecule has 0 fully saturated rings.